The third-order valence-corrected chi connectivity index (χ3v) is 2.63. The van der Waals surface area contributed by atoms with Gasteiger partial charge in [-0.15, -0.1) is 0 Å². The minimum atomic E-state index is -1.36. The molecule has 1 heterocycles. The van der Waals surface area contributed by atoms with E-state index in [2.05, 4.69) is 0 Å². The Bertz CT molecular complexity index is 198. The molecule has 0 saturated carbocycles. The van der Waals surface area contributed by atoms with Gasteiger partial charge in [-0.1, -0.05) is 13.3 Å². The van der Waals surface area contributed by atoms with Gasteiger partial charge < -0.3 is 29.9 Å². The van der Waals surface area contributed by atoms with E-state index in [1.165, 1.54) is 0 Å². The van der Waals surface area contributed by atoms with Gasteiger partial charge in [-0.2, -0.15) is 0 Å². The van der Waals surface area contributed by atoms with Gasteiger partial charge >= 0.3 is 0 Å². The molecule has 0 amide bonds. The second kappa shape index (κ2) is 6.48. The predicted molar refractivity (Wildman–Crippen MR) is 54.6 cm³/mol. The highest BCUT2D eigenvalue weighted by molar-refractivity contribution is 4.88. The van der Waals surface area contributed by atoms with Gasteiger partial charge in [0.05, 0.1) is 6.61 Å². The molecule has 1 fully saturated rings. The fraction of sp³-hybridized carbons (Fsp3) is 1.00. The summed E-state index contributed by atoms with van der Waals surface area (Å²) in [5, 5.41) is 37.5. The van der Waals surface area contributed by atoms with Crippen molar-refractivity contribution in [1.29, 1.82) is 0 Å². The molecule has 5 atom stereocenters. The molecule has 1 rings (SSSR count). The zero-order chi connectivity index (χ0) is 12.1. The van der Waals surface area contributed by atoms with E-state index in [0.717, 1.165) is 12.8 Å². The summed E-state index contributed by atoms with van der Waals surface area (Å²) < 4.78 is 10.4. The number of hydrogen-bond donors (Lipinski definition) is 4. The van der Waals surface area contributed by atoms with Crippen LogP contribution in [0, 0.1) is 0 Å². The van der Waals surface area contributed by atoms with Gasteiger partial charge in [-0.05, 0) is 6.42 Å². The van der Waals surface area contributed by atoms with E-state index in [9.17, 15) is 15.3 Å². The van der Waals surface area contributed by atoms with E-state index in [4.69, 9.17) is 14.6 Å². The molecule has 1 unspecified atom stereocenters. The third-order valence-electron chi connectivity index (χ3n) is 2.63. The molecule has 16 heavy (non-hydrogen) atoms. The smallest absolute Gasteiger partial charge is 0.186 e. The minimum absolute atomic E-state index is 0.402. The Balaban J connectivity index is 2.50. The summed E-state index contributed by atoms with van der Waals surface area (Å²) in [6.07, 6.45) is -4.13. The molecule has 0 aromatic heterocycles. The lowest BCUT2D eigenvalue weighted by molar-refractivity contribution is -0.301. The number of aliphatic hydroxyl groups is 4. The van der Waals surface area contributed by atoms with Crippen LogP contribution in [0.5, 0.6) is 0 Å². The Morgan fingerprint density at radius 2 is 1.81 bits per heavy atom. The highest BCUT2D eigenvalue weighted by Gasteiger charge is 2.43. The van der Waals surface area contributed by atoms with Gasteiger partial charge in [0.25, 0.3) is 0 Å². The molecular formula is C10H20O6. The van der Waals surface area contributed by atoms with Gasteiger partial charge in [0.15, 0.2) is 6.29 Å². The third kappa shape index (κ3) is 3.13. The first-order chi connectivity index (χ1) is 7.61. The Labute approximate surface area is 94.4 Å². The van der Waals surface area contributed by atoms with E-state index in [0.29, 0.717) is 6.61 Å². The quantitative estimate of drug-likeness (QED) is 0.438. The number of rotatable bonds is 5. The highest BCUT2D eigenvalue weighted by Crippen LogP contribution is 2.21. The van der Waals surface area contributed by atoms with Crippen molar-refractivity contribution in [3.63, 3.8) is 0 Å². The lowest BCUT2D eigenvalue weighted by Crippen LogP contribution is -2.59. The largest absolute Gasteiger partial charge is 0.394 e. The Morgan fingerprint density at radius 3 is 2.38 bits per heavy atom. The van der Waals surface area contributed by atoms with Gasteiger partial charge in [0, 0.05) is 6.61 Å². The zero-order valence-electron chi connectivity index (χ0n) is 9.32. The SMILES string of the molecule is CCCCOC1O[C@H](CO)[C@H](O)[C@H](O)[C@H]1O. The molecule has 0 bridgehead atoms. The van der Waals surface area contributed by atoms with Crippen LogP contribution in [0.2, 0.25) is 0 Å². The van der Waals surface area contributed by atoms with Crippen molar-refractivity contribution in [2.45, 2.75) is 50.5 Å². The number of hydrogen-bond acceptors (Lipinski definition) is 6. The maximum absolute atomic E-state index is 9.58. The van der Waals surface area contributed by atoms with Crippen molar-refractivity contribution in [2.24, 2.45) is 0 Å². The van der Waals surface area contributed by atoms with Crippen LogP contribution in [0.3, 0.4) is 0 Å². The number of unbranched alkanes of at least 4 members (excludes halogenated alkanes) is 1. The van der Waals surface area contributed by atoms with Crippen LogP contribution in [0.15, 0.2) is 0 Å². The summed E-state index contributed by atoms with van der Waals surface area (Å²) >= 11 is 0. The molecule has 0 radical (unpaired) electrons. The fourth-order valence-electron chi connectivity index (χ4n) is 1.55. The van der Waals surface area contributed by atoms with Crippen LogP contribution in [0.1, 0.15) is 19.8 Å². The number of aliphatic hydroxyl groups excluding tert-OH is 4. The summed E-state index contributed by atoms with van der Waals surface area (Å²) in [6.45, 7) is 1.97. The first-order valence-corrected chi connectivity index (χ1v) is 5.54. The van der Waals surface area contributed by atoms with Crippen LogP contribution in [0.25, 0.3) is 0 Å². The first-order valence-electron chi connectivity index (χ1n) is 5.54. The van der Waals surface area contributed by atoms with Crippen LogP contribution < -0.4 is 0 Å². The van der Waals surface area contributed by atoms with Gasteiger partial charge in [0.2, 0.25) is 0 Å². The first kappa shape index (κ1) is 13.8. The fourth-order valence-corrected chi connectivity index (χ4v) is 1.55. The van der Waals surface area contributed by atoms with E-state index in [1.807, 2.05) is 6.92 Å². The van der Waals surface area contributed by atoms with Crippen molar-refractivity contribution in [1.82, 2.24) is 0 Å². The molecule has 96 valence electrons. The lowest BCUT2D eigenvalue weighted by atomic mass is 9.99. The van der Waals surface area contributed by atoms with Crippen molar-refractivity contribution in [2.75, 3.05) is 13.2 Å². The molecule has 0 aromatic carbocycles. The molecule has 4 N–H and O–H groups in total. The minimum Gasteiger partial charge on any atom is -0.394 e. The van der Waals surface area contributed by atoms with Crippen molar-refractivity contribution in [3.8, 4) is 0 Å². The predicted octanol–water partition coefficient (Wildman–Crippen LogP) is -1.40. The van der Waals surface area contributed by atoms with Crippen molar-refractivity contribution < 1.29 is 29.9 Å². The summed E-state index contributed by atoms with van der Waals surface area (Å²) in [4.78, 5) is 0. The van der Waals surface area contributed by atoms with E-state index >= 15 is 0 Å². The Hall–Kier alpha value is -0.240. The normalized spacial score (nSPS) is 39.9. The van der Waals surface area contributed by atoms with Crippen molar-refractivity contribution >= 4 is 0 Å². The maximum atomic E-state index is 9.58. The van der Waals surface area contributed by atoms with E-state index in [1.54, 1.807) is 0 Å². The number of ether oxygens (including phenoxy) is 2. The van der Waals surface area contributed by atoms with Crippen LogP contribution in [0.4, 0.5) is 0 Å². The average Bonchev–Trinajstić information content (AvgIpc) is 2.29. The topological polar surface area (TPSA) is 99.4 Å². The molecule has 0 aromatic rings. The molecule has 1 saturated heterocycles. The zero-order valence-corrected chi connectivity index (χ0v) is 9.32. The molecular weight excluding hydrogens is 216 g/mol. The van der Waals surface area contributed by atoms with Crippen molar-refractivity contribution in [3.05, 3.63) is 0 Å². The highest BCUT2D eigenvalue weighted by atomic mass is 16.7. The molecule has 6 nitrogen and oxygen atoms in total. The molecule has 1 aliphatic heterocycles. The van der Waals surface area contributed by atoms with E-state index in [-0.39, 0.29) is 0 Å². The van der Waals surface area contributed by atoms with E-state index < -0.39 is 37.3 Å². The molecule has 1 aliphatic rings. The Kier molecular flexibility index (Phi) is 5.60. The van der Waals surface area contributed by atoms with Gasteiger partial charge in [0.1, 0.15) is 24.4 Å². The van der Waals surface area contributed by atoms with Gasteiger partial charge in [-0.25, -0.2) is 0 Å². The monoisotopic (exact) mass is 236 g/mol. The Morgan fingerprint density at radius 1 is 1.12 bits per heavy atom. The van der Waals surface area contributed by atoms with Gasteiger partial charge in [-0.3, -0.25) is 0 Å². The average molecular weight is 236 g/mol. The standard InChI is InChI=1S/C10H20O6/c1-2-3-4-15-10-9(14)8(13)7(12)6(5-11)16-10/h6-14H,2-5H2,1H3/t6-,7+,8+,9-,10?/m1/s1. The molecule has 6 heteroatoms. The second-order valence-corrected chi connectivity index (χ2v) is 3.92. The maximum Gasteiger partial charge on any atom is 0.186 e. The summed E-state index contributed by atoms with van der Waals surface area (Å²) in [6, 6.07) is 0. The van der Waals surface area contributed by atoms with Crippen LogP contribution >= 0.6 is 0 Å². The van der Waals surface area contributed by atoms with Crippen LogP contribution in [-0.2, 0) is 9.47 Å². The van der Waals surface area contributed by atoms with Crippen LogP contribution in [-0.4, -0.2) is 64.3 Å². The lowest BCUT2D eigenvalue weighted by Gasteiger charge is -2.39. The summed E-state index contributed by atoms with van der Waals surface area (Å²) in [7, 11) is 0. The summed E-state index contributed by atoms with van der Waals surface area (Å²) in [5.74, 6) is 0. The summed E-state index contributed by atoms with van der Waals surface area (Å²) in [5.41, 5.74) is 0. The molecule has 0 spiro atoms. The molecule has 0 aliphatic carbocycles. The second-order valence-electron chi connectivity index (χ2n) is 3.92.